The summed E-state index contributed by atoms with van der Waals surface area (Å²) in [4.78, 5) is 0. The highest BCUT2D eigenvalue weighted by atomic mass is 16.3. The molecule has 0 radical (unpaired) electrons. The highest BCUT2D eigenvalue weighted by Gasteiger charge is 2.36. The van der Waals surface area contributed by atoms with Gasteiger partial charge in [0.25, 0.3) is 0 Å². The van der Waals surface area contributed by atoms with E-state index in [0.717, 1.165) is 42.5 Å². The number of rotatable bonds is 7. The largest absolute Gasteiger partial charge is 0.398 e. The first-order valence-electron chi connectivity index (χ1n) is 10.6. The Morgan fingerprint density at radius 3 is 2.24 bits per heavy atom. The number of nitrogen functional groups attached to an aromatic ring is 1. The van der Waals surface area contributed by atoms with Gasteiger partial charge in [-0.25, -0.2) is 0 Å². The van der Waals surface area contributed by atoms with Gasteiger partial charge in [0, 0.05) is 11.1 Å². The molecular weight excluding hydrogens is 356 g/mol. The van der Waals surface area contributed by atoms with Crippen LogP contribution < -0.4 is 5.73 Å². The van der Waals surface area contributed by atoms with Gasteiger partial charge in [-0.2, -0.15) is 5.26 Å². The Bertz CT molecular complexity index is 797. The van der Waals surface area contributed by atoms with Gasteiger partial charge in [0.05, 0.1) is 17.7 Å². The Labute approximate surface area is 176 Å². The molecule has 3 nitrogen and oxygen atoms in total. The molecule has 156 valence electrons. The molecular formula is C26H36N2O. The molecule has 0 aliphatic heterocycles. The fourth-order valence-electron chi connectivity index (χ4n) is 3.93. The summed E-state index contributed by atoms with van der Waals surface area (Å²) in [6.45, 7) is 10.4. The molecule has 0 saturated carbocycles. The summed E-state index contributed by atoms with van der Waals surface area (Å²) in [7, 11) is 0. The zero-order valence-electron chi connectivity index (χ0n) is 18.6. The molecule has 2 aromatic rings. The number of benzene rings is 2. The van der Waals surface area contributed by atoms with Crippen molar-refractivity contribution >= 4 is 11.8 Å². The highest BCUT2D eigenvalue weighted by Crippen LogP contribution is 2.37. The first-order chi connectivity index (χ1) is 13.9. The number of nitrogens with two attached hydrogens (primary N) is 1. The van der Waals surface area contributed by atoms with Gasteiger partial charge in [-0.05, 0) is 68.0 Å². The fourth-order valence-corrected chi connectivity index (χ4v) is 3.93. The third-order valence-corrected chi connectivity index (χ3v) is 5.63. The smallest absolute Gasteiger partial charge is 0.0991 e. The predicted molar refractivity (Wildman–Crippen MR) is 125 cm³/mol. The summed E-state index contributed by atoms with van der Waals surface area (Å²) in [6.07, 6.45) is 7.41. The van der Waals surface area contributed by atoms with Gasteiger partial charge in [0.2, 0.25) is 0 Å². The van der Waals surface area contributed by atoms with Crippen molar-refractivity contribution in [3.05, 3.63) is 70.8 Å². The van der Waals surface area contributed by atoms with Crippen molar-refractivity contribution < 1.29 is 5.11 Å². The van der Waals surface area contributed by atoms with Crippen molar-refractivity contribution in [1.82, 2.24) is 0 Å². The van der Waals surface area contributed by atoms with Crippen molar-refractivity contribution in [2.45, 2.75) is 71.8 Å². The Morgan fingerprint density at radius 1 is 1.14 bits per heavy atom. The van der Waals surface area contributed by atoms with E-state index in [-0.39, 0.29) is 11.5 Å². The Morgan fingerprint density at radius 2 is 1.79 bits per heavy atom. The van der Waals surface area contributed by atoms with Crippen molar-refractivity contribution in [2.75, 3.05) is 5.73 Å². The molecule has 3 N–H and O–H groups in total. The van der Waals surface area contributed by atoms with Crippen LogP contribution in [0.2, 0.25) is 0 Å². The highest BCUT2D eigenvalue weighted by molar-refractivity contribution is 5.67. The molecule has 0 aliphatic carbocycles. The van der Waals surface area contributed by atoms with Crippen LogP contribution in [0.5, 0.6) is 0 Å². The Balaban J connectivity index is 0.000000326. The van der Waals surface area contributed by atoms with Crippen LogP contribution in [0.1, 0.15) is 75.6 Å². The lowest BCUT2D eigenvalue weighted by atomic mass is 9.69. The van der Waals surface area contributed by atoms with Gasteiger partial charge < -0.3 is 10.8 Å². The monoisotopic (exact) mass is 392 g/mol. The molecule has 0 saturated heterocycles. The van der Waals surface area contributed by atoms with Crippen LogP contribution in [-0.4, -0.2) is 11.2 Å². The normalized spacial score (nSPS) is 13.8. The number of hydrogen-bond donors (Lipinski definition) is 2. The summed E-state index contributed by atoms with van der Waals surface area (Å²) >= 11 is 0. The summed E-state index contributed by atoms with van der Waals surface area (Å²) < 4.78 is 0. The lowest BCUT2D eigenvalue weighted by Gasteiger charge is -2.37. The molecule has 0 aliphatic rings. The van der Waals surface area contributed by atoms with E-state index in [0.29, 0.717) is 5.56 Å². The number of aryl methyl sites for hydroxylation is 1. The number of allylic oxidation sites excluding steroid dienone is 1. The second kappa shape index (κ2) is 12.1. The van der Waals surface area contributed by atoms with Gasteiger partial charge in [0.1, 0.15) is 0 Å². The summed E-state index contributed by atoms with van der Waals surface area (Å²) in [5.41, 5.74) is 10.6. The van der Waals surface area contributed by atoms with E-state index in [2.05, 4.69) is 32.9 Å². The van der Waals surface area contributed by atoms with Gasteiger partial charge in [0.15, 0.2) is 0 Å². The van der Waals surface area contributed by atoms with Crippen molar-refractivity contribution in [3.63, 3.8) is 0 Å². The van der Waals surface area contributed by atoms with Gasteiger partial charge >= 0.3 is 0 Å². The number of hydrogen-bond acceptors (Lipinski definition) is 3. The van der Waals surface area contributed by atoms with E-state index in [4.69, 9.17) is 11.0 Å². The first-order valence-corrected chi connectivity index (χ1v) is 10.6. The van der Waals surface area contributed by atoms with Crippen LogP contribution in [0, 0.1) is 18.3 Å². The maximum Gasteiger partial charge on any atom is 0.0991 e. The lowest BCUT2D eigenvalue weighted by molar-refractivity contribution is 0.0662. The first kappa shape index (κ1) is 24.5. The minimum atomic E-state index is -0.324. The molecule has 2 aromatic carbocycles. The van der Waals surface area contributed by atoms with Crippen LogP contribution in [0.15, 0.2) is 48.5 Å². The Kier molecular flexibility index (Phi) is 10.2. The average molecular weight is 393 g/mol. The molecule has 2 unspecified atom stereocenters. The Hall–Kier alpha value is -2.57. The summed E-state index contributed by atoms with van der Waals surface area (Å²) in [6, 6.07) is 15.8. The van der Waals surface area contributed by atoms with Crippen LogP contribution in [0.3, 0.4) is 0 Å². The summed E-state index contributed by atoms with van der Waals surface area (Å²) in [5, 5.41) is 19.3. The predicted octanol–water partition coefficient (Wildman–Crippen LogP) is 6.39. The summed E-state index contributed by atoms with van der Waals surface area (Å²) in [5.74, 6) is 0. The number of anilines is 1. The maximum atomic E-state index is 10.4. The second-order valence-electron chi connectivity index (χ2n) is 7.45. The van der Waals surface area contributed by atoms with Gasteiger partial charge in [-0.15, -0.1) is 0 Å². The minimum absolute atomic E-state index is 0.169. The fraction of sp³-hybridized carbons (Fsp3) is 0.423. The third-order valence-electron chi connectivity index (χ3n) is 5.63. The van der Waals surface area contributed by atoms with Crippen molar-refractivity contribution in [3.8, 4) is 6.07 Å². The molecule has 0 fully saturated rings. The molecule has 3 heteroatoms. The van der Waals surface area contributed by atoms with Crippen molar-refractivity contribution in [2.24, 2.45) is 0 Å². The molecule has 29 heavy (non-hydrogen) atoms. The van der Waals surface area contributed by atoms with E-state index in [1.54, 1.807) is 0 Å². The van der Waals surface area contributed by atoms with Crippen LogP contribution in [0.25, 0.3) is 6.08 Å². The SMILES string of the molecule is C/C=C\c1c(C)cccc1N.CCCC(CC)(c1ccc(C#N)cc1)C(O)CC. The van der Waals surface area contributed by atoms with Gasteiger partial charge in [-0.1, -0.05) is 63.6 Å². The van der Waals surface area contributed by atoms with Crippen LogP contribution >= 0.6 is 0 Å². The van der Waals surface area contributed by atoms with E-state index in [1.165, 1.54) is 5.56 Å². The molecule has 0 amide bonds. The topological polar surface area (TPSA) is 70.0 Å². The van der Waals surface area contributed by atoms with Crippen LogP contribution in [-0.2, 0) is 5.41 Å². The van der Waals surface area contributed by atoms with E-state index in [1.807, 2.05) is 62.4 Å². The maximum absolute atomic E-state index is 10.4. The average Bonchev–Trinajstić information content (AvgIpc) is 2.75. The number of aliphatic hydroxyl groups is 1. The van der Waals surface area contributed by atoms with E-state index in [9.17, 15) is 5.11 Å². The second-order valence-corrected chi connectivity index (χ2v) is 7.45. The van der Waals surface area contributed by atoms with Crippen molar-refractivity contribution in [1.29, 1.82) is 5.26 Å². The van der Waals surface area contributed by atoms with Gasteiger partial charge in [-0.3, -0.25) is 0 Å². The molecule has 0 heterocycles. The zero-order valence-corrected chi connectivity index (χ0v) is 18.6. The van der Waals surface area contributed by atoms with Crippen LogP contribution in [0.4, 0.5) is 5.69 Å². The standard InChI is InChI=1S/C16H23NO.C10H13N/c1-4-11-16(6-3,15(18)5-2)14-9-7-13(12-17)8-10-14;1-3-5-9-8(2)6-4-7-10(9)11/h7-10,15,18H,4-6,11H2,1-3H3;3-7H,11H2,1-2H3/b;5-3-. The molecule has 0 bridgehead atoms. The quantitative estimate of drug-likeness (QED) is 0.536. The van der Waals surface area contributed by atoms with E-state index >= 15 is 0 Å². The number of nitriles is 1. The number of nitrogens with zero attached hydrogens (tertiary/aromatic N) is 1. The molecule has 2 rings (SSSR count). The molecule has 0 aromatic heterocycles. The third kappa shape index (κ3) is 6.21. The minimum Gasteiger partial charge on any atom is -0.398 e. The zero-order chi connectivity index (χ0) is 21.9. The number of aliphatic hydroxyl groups excluding tert-OH is 1. The molecule has 0 spiro atoms. The molecule has 2 atom stereocenters. The van der Waals surface area contributed by atoms with E-state index < -0.39 is 0 Å². The lowest BCUT2D eigenvalue weighted by Crippen LogP contribution is -2.38.